The van der Waals surface area contributed by atoms with E-state index in [1.165, 1.54) is 18.9 Å². The molecule has 7 nitrogen and oxygen atoms in total. The van der Waals surface area contributed by atoms with Crippen LogP contribution >= 0.6 is 11.8 Å². The van der Waals surface area contributed by atoms with Gasteiger partial charge in [-0.3, -0.25) is 9.59 Å². The zero-order valence-corrected chi connectivity index (χ0v) is 14.7. The van der Waals surface area contributed by atoms with E-state index in [2.05, 4.69) is 10.6 Å². The van der Waals surface area contributed by atoms with E-state index in [1.807, 2.05) is 0 Å². The van der Waals surface area contributed by atoms with E-state index in [0.717, 1.165) is 4.90 Å². The molecule has 2 aromatic rings. The summed E-state index contributed by atoms with van der Waals surface area (Å²) in [6.07, 6.45) is 0. The second kappa shape index (κ2) is 7.92. The lowest BCUT2D eigenvalue weighted by atomic mass is 10.2. The molecule has 0 aromatic heterocycles. The summed E-state index contributed by atoms with van der Waals surface area (Å²) >= 11 is 1.40. The largest absolute Gasteiger partial charge is 0.495 e. The van der Waals surface area contributed by atoms with Gasteiger partial charge < -0.3 is 20.1 Å². The molecule has 0 fully saturated rings. The highest BCUT2D eigenvalue weighted by atomic mass is 32.2. The Hall–Kier alpha value is -3.00. The van der Waals surface area contributed by atoms with Crippen molar-refractivity contribution in [1.82, 2.24) is 0 Å². The first-order valence-electron chi connectivity index (χ1n) is 7.73. The zero-order chi connectivity index (χ0) is 18.5. The Bertz CT molecular complexity index is 868. The number of hydrogen-bond donors (Lipinski definition) is 2. The predicted octanol–water partition coefficient (Wildman–Crippen LogP) is 2.53. The van der Waals surface area contributed by atoms with Crippen molar-refractivity contribution in [1.29, 1.82) is 0 Å². The van der Waals surface area contributed by atoms with Gasteiger partial charge in [-0.25, -0.2) is 4.79 Å². The number of esters is 1. The van der Waals surface area contributed by atoms with Gasteiger partial charge in [0.1, 0.15) is 5.75 Å². The number of amides is 2. The van der Waals surface area contributed by atoms with Crippen LogP contribution in [-0.4, -0.2) is 37.3 Å². The molecule has 1 aliphatic rings. The van der Waals surface area contributed by atoms with E-state index in [9.17, 15) is 14.4 Å². The number of anilines is 2. The highest BCUT2D eigenvalue weighted by molar-refractivity contribution is 8.00. The van der Waals surface area contributed by atoms with Gasteiger partial charge in [0.25, 0.3) is 5.91 Å². The van der Waals surface area contributed by atoms with E-state index >= 15 is 0 Å². The van der Waals surface area contributed by atoms with Crippen LogP contribution in [0.1, 0.15) is 10.4 Å². The van der Waals surface area contributed by atoms with Gasteiger partial charge in [0.05, 0.1) is 29.8 Å². The topological polar surface area (TPSA) is 93.7 Å². The average molecular weight is 372 g/mol. The number of hydrogen-bond acceptors (Lipinski definition) is 6. The quantitative estimate of drug-likeness (QED) is 0.784. The van der Waals surface area contributed by atoms with Crippen LogP contribution in [0, 0.1) is 0 Å². The van der Waals surface area contributed by atoms with Gasteiger partial charge in [-0.2, -0.15) is 0 Å². The molecule has 0 unspecified atom stereocenters. The Kier molecular flexibility index (Phi) is 5.43. The van der Waals surface area contributed by atoms with Gasteiger partial charge in [0.2, 0.25) is 5.91 Å². The fraction of sp³-hybridized carbons (Fsp3) is 0.167. The molecule has 1 aliphatic heterocycles. The molecule has 134 valence electrons. The number of carbonyl (C=O) groups is 3. The second-order valence-electron chi connectivity index (χ2n) is 5.37. The zero-order valence-electron chi connectivity index (χ0n) is 13.9. The normalized spacial score (nSPS) is 12.6. The van der Waals surface area contributed by atoms with Crippen molar-refractivity contribution in [3.8, 4) is 5.75 Å². The summed E-state index contributed by atoms with van der Waals surface area (Å²) in [4.78, 5) is 36.5. The minimum absolute atomic E-state index is 0.121. The third kappa shape index (κ3) is 4.15. The van der Waals surface area contributed by atoms with Crippen LogP contribution in [0.2, 0.25) is 0 Å². The number of ether oxygens (including phenoxy) is 2. The number of rotatable bonds is 5. The number of thioether (sulfide) groups is 1. The highest BCUT2D eigenvalue weighted by Crippen LogP contribution is 2.32. The third-order valence-electron chi connectivity index (χ3n) is 3.56. The van der Waals surface area contributed by atoms with Crippen molar-refractivity contribution >= 4 is 40.9 Å². The van der Waals surface area contributed by atoms with E-state index in [-0.39, 0.29) is 11.5 Å². The summed E-state index contributed by atoms with van der Waals surface area (Å²) in [5.41, 5.74) is 1.32. The number of methoxy groups -OCH3 is 1. The molecule has 0 radical (unpaired) electrons. The number of fused-ring (bicyclic) bond motifs is 1. The van der Waals surface area contributed by atoms with Crippen LogP contribution in [0.25, 0.3) is 0 Å². The molecule has 26 heavy (non-hydrogen) atoms. The summed E-state index contributed by atoms with van der Waals surface area (Å²) in [5.74, 6) is -0.392. The predicted molar refractivity (Wildman–Crippen MR) is 97.7 cm³/mol. The van der Waals surface area contributed by atoms with E-state index < -0.39 is 18.5 Å². The van der Waals surface area contributed by atoms with Crippen LogP contribution in [0.3, 0.4) is 0 Å². The molecule has 0 spiro atoms. The molecule has 0 atom stereocenters. The Labute approximate surface area is 154 Å². The molecule has 8 heteroatoms. The maximum absolute atomic E-state index is 12.1. The number of benzene rings is 2. The number of nitrogens with one attached hydrogen (secondary N) is 2. The fourth-order valence-corrected chi connectivity index (χ4v) is 3.15. The fourth-order valence-electron chi connectivity index (χ4n) is 2.36. The molecule has 2 aromatic carbocycles. The second-order valence-corrected chi connectivity index (χ2v) is 6.39. The molecule has 0 aliphatic carbocycles. The van der Waals surface area contributed by atoms with E-state index in [1.54, 1.807) is 42.5 Å². The van der Waals surface area contributed by atoms with Gasteiger partial charge in [0.15, 0.2) is 6.61 Å². The van der Waals surface area contributed by atoms with Crippen LogP contribution < -0.4 is 15.4 Å². The summed E-state index contributed by atoms with van der Waals surface area (Å²) in [6, 6.07) is 11.8. The maximum Gasteiger partial charge on any atom is 0.338 e. The van der Waals surface area contributed by atoms with Crippen molar-refractivity contribution in [2.75, 3.05) is 30.1 Å². The molecular weight excluding hydrogens is 356 g/mol. The van der Waals surface area contributed by atoms with Gasteiger partial charge in [0, 0.05) is 4.90 Å². The van der Waals surface area contributed by atoms with E-state index in [4.69, 9.17) is 9.47 Å². The third-order valence-corrected chi connectivity index (χ3v) is 4.64. The Morgan fingerprint density at radius 2 is 2.04 bits per heavy atom. The molecular formula is C18H16N2O5S. The summed E-state index contributed by atoms with van der Waals surface area (Å²) in [5, 5.41) is 5.33. The SMILES string of the molecule is COc1ccccc1NC(=O)COC(=O)c1ccc2c(c1)NC(=O)CS2. The summed E-state index contributed by atoms with van der Waals surface area (Å²) in [7, 11) is 1.50. The van der Waals surface area contributed by atoms with Crippen molar-refractivity contribution in [2.24, 2.45) is 0 Å². The molecule has 1 heterocycles. The summed E-state index contributed by atoms with van der Waals surface area (Å²) < 4.78 is 10.2. The lowest BCUT2D eigenvalue weighted by Gasteiger charge is -2.16. The van der Waals surface area contributed by atoms with Gasteiger partial charge >= 0.3 is 5.97 Å². The average Bonchev–Trinajstić information content (AvgIpc) is 2.66. The molecule has 0 bridgehead atoms. The van der Waals surface area contributed by atoms with Crippen LogP contribution in [-0.2, 0) is 14.3 Å². The first kappa shape index (κ1) is 17.8. The van der Waals surface area contributed by atoms with Gasteiger partial charge in [-0.15, -0.1) is 11.8 Å². The van der Waals surface area contributed by atoms with Crippen molar-refractivity contribution in [3.63, 3.8) is 0 Å². The maximum atomic E-state index is 12.1. The highest BCUT2D eigenvalue weighted by Gasteiger charge is 2.18. The first-order chi connectivity index (χ1) is 12.6. The first-order valence-corrected chi connectivity index (χ1v) is 8.72. The van der Waals surface area contributed by atoms with Crippen LogP contribution in [0.4, 0.5) is 11.4 Å². The van der Waals surface area contributed by atoms with Gasteiger partial charge in [-0.05, 0) is 30.3 Å². The molecule has 0 saturated heterocycles. The lowest BCUT2D eigenvalue weighted by Crippen LogP contribution is -2.22. The standard InChI is InChI=1S/C18H16N2O5S/c1-24-14-5-3-2-4-12(14)19-16(21)9-25-18(23)11-6-7-15-13(8-11)20-17(22)10-26-15/h2-8H,9-10H2,1H3,(H,19,21)(H,20,22). The van der Waals surface area contributed by atoms with Crippen LogP contribution in [0.5, 0.6) is 5.75 Å². The number of para-hydroxylation sites is 2. The Morgan fingerprint density at radius 3 is 2.85 bits per heavy atom. The molecule has 3 rings (SSSR count). The smallest absolute Gasteiger partial charge is 0.338 e. The summed E-state index contributed by atoms with van der Waals surface area (Å²) in [6.45, 7) is -0.435. The lowest BCUT2D eigenvalue weighted by molar-refractivity contribution is -0.119. The van der Waals surface area contributed by atoms with Crippen molar-refractivity contribution in [3.05, 3.63) is 48.0 Å². The van der Waals surface area contributed by atoms with Crippen molar-refractivity contribution < 1.29 is 23.9 Å². The molecule has 2 N–H and O–H groups in total. The van der Waals surface area contributed by atoms with Crippen molar-refractivity contribution in [2.45, 2.75) is 4.90 Å². The van der Waals surface area contributed by atoms with E-state index in [0.29, 0.717) is 22.9 Å². The van der Waals surface area contributed by atoms with Gasteiger partial charge in [-0.1, -0.05) is 12.1 Å². The Morgan fingerprint density at radius 1 is 1.23 bits per heavy atom. The minimum atomic E-state index is -0.646. The molecule has 0 saturated carbocycles. The minimum Gasteiger partial charge on any atom is -0.495 e. The Balaban J connectivity index is 1.59. The monoisotopic (exact) mass is 372 g/mol. The number of carbonyl (C=O) groups excluding carboxylic acids is 3. The molecule has 2 amide bonds. The van der Waals surface area contributed by atoms with Crippen LogP contribution in [0.15, 0.2) is 47.4 Å².